The molecular formula is C17H16ClN5O4. The summed E-state index contributed by atoms with van der Waals surface area (Å²) in [4.78, 5) is 42.1. The Kier molecular flexibility index (Phi) is 4.63. The van der Waals surface area contributed by atoms with E-state index in [1.807, 2.05) is 0 Å². The van der Waals surface area contributed by atoms with E-state index in [9.17, 15) is 19.5 Å². The number of imidazole rings is 1. The maximum Gasteiger partial charge on any atom is 0.318 e. The summed E-state index contributed by atoms with van der Waals surface area (Å²) in [6.07, 6.45) is 3.00. The molecular weight excluding hydrogens is 374 g/mol. The molecule has 2 heterocycles. The van der Waals surface area contributed by atoms with Gasteiger partial charge in [0.15, 0.2) is 0 Å². The number of fused-ring (bicyclic) bond motifs is 5. The molecule has 0 bridgehead atoms. The van der Waals surface area contributed by atoms with Crippen LogP contribution in [0.4, 0.5) is 10.5 Å². The SMILES string of the molecule is CNC(=O)Nc1ccc2c(c1)C(CC(=O)O)c1c-2[nH]c(=O)c2nccn12.Cl. The molecule has 2 amide bonds. The van der Waals surface area contributed by atoms with Crippen molar-refractivity contribution in [2.75, 3.05) is 12.4 Å². The second-order valence-electron chi connectivity index (χ2n) is 5.99. The van der Waals surface area contributed by atoms with E-state index in [4.69, 9.17) is 0 Å². The molecule has 0 saturated heterocycles. The number of hydrogen-bond donors (Lipinski definition) is 4. The molecule has 27 heavy (non-hydrogen) atoms. The zero-order valence-corrected chi connectivity index (χ0v) is 15.0. The van der Waals surface area contributed by atoms with Crippen LogP contribution in [0.1, 0.15) is 23.6 Å². The predicted octanol–water partition coefficient (Wildman–Crippen LogP) is 1.78. The van der Waals surface area contributed by atoms with Gasteiger partial charge in [0.2, 0.25) is 5.65 Å². The number of anilines is 1. The average Bonchev–Trinajstić information content (AvgIpc) is 3.19. The van der Waals surface area contributed by atoms with Gasteiger partial charge in [-0.15, -0.1) is 12.4 Å². The standard InChI is InChI=1S/C17H15N5O4.ClH/c1-18-17(26)20-8-2-3-9-10(6-8)11(7-12(23)24)14-13(9)21-16(25)15-19-4-5-22(14)15;/h2-6,11H,7H2,1H3,(H,21,25)(H,23,24)(H2,18,20,26);1H. The zero-order chi connectivity index (χ0) is 18.4. The van der Waals surface area contributed by atoms with Crippen molar-refractivity contribution < 1.29 is 14.7 Å². The van der Waals surface area contributed by atoms with Crippen molar-refractivity contribution in [1.82, 2.24) is 19.7 Å². The number of nitrogens with one attached hydrogen (secondary N) is 3. The molecule has 0 saturated carbocycles. The molecule has 10 heteroatoms. The van der Waals surface area contributed by atoms with E-state index in [0.29, 0.717) is 17.1 Å². The van der Waals surface area contributed by atoms with E-state index in [2.05, 4.69) is 20.6 Å². The van der Waals surface area contributed by atoms with Crippen LogP contribution in [0, 0.1) is 0 Å². The van der Waals surface area contributed by atoms with Gasteiger partial charge in [0.1, 0.15) is 0 Å². The molecule has 4 N–H and O–H groups in total. The van der Waals surface area contributed by atoms with Gasteiger partial charge < -0.3 is 20.7 Å². The first-order valence-electron chi connectivity index (χ1n) is 7.93. The first-order valence-corrected chi connectivity index (χ1v) is 7.93. The Balaban J connectivity index is 0.00000210. The molecule has 4 rings (SSSR count). The normalized spacial score (nSPS) is 14.2. The quantitative estimate of drug-likeness (QED) is 0.542. The number of aromatic nitrogens is 3. The van der Waals surface area contributed by atoms with E-state index in [1.165, 1.54) is 13.2 Å². The fourth-order valence-corrected chi connectivity index (χ4v) is 3.45. The Hall–Kier alpha value is -3.33. The minimum absolute atomic E-state index is 0. The summed E-state index contributed by atoms with van der Waals surface area (Å²) in [5.41, 5.74) is 3.13. The van der Waals surface area contributed by atoms with Crippen molar-refractivity contribution in [3.63, 3.8) is 0 Å². The minimum Gasteiger partial charge on any atom is -0.481 e. The maximum absolute atomic E-state index is 12.3. The first-order chi connectivity index (χ1) is 12.5. The number of hydrogen-bond acceptors (Lipinski definition) is 4. The first kappa shape index (κ1) is 18.5. The molecule has 1 unspecified atom stereocenters. The van der Waals surface area contributed by atoms with Crippen LogP contribution in [0.15, 0.2) is 35.4 Å². The summed E-state index contributed by atoms with van der Waals surface area (Å²) in [7, 11) is 1.51. The van der Waals surface area contributed by atoms with Crippen LogP contribution in [-0.2, 0) is 4.79 Å². The number of nitrogens with zero attached hydrogens (tertiary/aromatic N) is 2. The van der Waals surface area contributed by atoms with Gasteiger partial charge in [0.25, 0.3) is 5.56 Å². The van der Waals surface area contributed by atoms with Gasteiger partial charge in [-0.25, -0.2) is 9.78 Å². The zero-order valence-electron chi connectivity index (χ0n) is 14.1. The number of aliphatic carboxylic acids is 1. The molecule has 2 aromatic heterocycles. The lowest BCUT2D eigenvalue weighted by atomic mass is 9.96. The molecule has 3 aromatic rings. The van der Waals surface area contributed by atoms with Gasteiger partial charge in [-0.3, -0.25) is 14.0 Å². The summed E-state index contributed by atoms with van der Waals surface area (Å²) in [5, 5.41) is 14.5. The largest absolute Gasteiger partial charge is 0.481 e. The number of rotatable bonds is 3. The highest BCUT2D eigenvalue weighted by Crippen LogP contribution is 2.45. The Morgan fingerprint density at radius 3 is 2.85 bits per heavy atom. The van der Waals surface area contributed by atoms with Crippen molar-refractivity contribution >= 4 is 35.7 Å². The highest BCUT2D eigenvalue weighted by molar-refractivity contribution is 5.90. The fourth-order valence-electron chi connectivity index (χ4n) is 3.45. The van der Waals surface area contributed by atoms with Crippen LogP contribution < -0.4 is 16.2 Å². The molecule has 1 aromatic carbocycles. The predicted molar refractivity (Wildman–Crippen MR) is 101 cm³/mol. The van der Waals surface area contributed by atoms with Gasteiger partial charge in [-0.1, -0.05) is 6.07 Å². The summed E-state index contributed by atoms with van der Waals surface area (Å²) >= 11 is 0. The Morgan fingerprint density at radius 2 is 2.15 bits per heavy atom. The third-order valence-electron chi connectivity index (χ3n) is 4.49. The van der Waals surface area contributed by atoms with Crippen LogP contribution in [0.25, 0.3) is 16.9 Å². The highest BCUT2D eigenvalue weighted by atomic mass is 35.5. The van der Waals surface area contributed by atoms with Gasteiger partial charge in [-0.05, 0) is 17.7 Å². The molecule has 1 atom stereocenters. The van der Waals surface area contributed by atoms with E-state index in [-0.39, 0.29) is 36.1 Å². The topological polar surface area (TPSA) is 129 Å². The van der Waals surface area contributed by atoms with Gasteiger partial charge in [0, 0.05) is 36.6 Å². The van der Waals surface area contributed by atoms with Gasteiger partial charge >= 0.3 is 12.0 Å². The summed E-state index contributed by atoms with van der Waals surface area (Å²) in [5.74, 6) is -1.43. The van der Waals surface area contributed by atoms with Crippen LogP contribution in [-0.4, -0.2) is 38.5 Å². The van der Waals surface area contributed by atoms with Crippen LogP contribution in [0.3, 0.4) is 0 Å². The lowest BCUT2D eigenvalue weighted by molar-refractivity contribution is -0.137. The molecule has 1 aliphatic rings. The number of aromatic amines is 1. The Labute approximate surface area is 158 Å². The summed E-state index contributed by atoms with van der Waals surface area (Å²) in [6.45, 7) is 0. The lowest BCUT2D eigenvalue weighted by Crippen LogP contribution is -2.24. The summed E-state index contributed by atoms with van der Waals surface area (Å²) < 4.78 is 1.63. The van der Waals surface area contributed by atoms with Crippen molar-refractivity contribution in [3.05, 3.63) is 52.2 Å². The minimum atomic E-state index is -0.960. The number of carbonyl (C=O) groups excluding carboxylic acids is 1. The van der Waals surface area contributed by atoms with E-state index < -0.39 is 11.9 Å². The van der Waals surface area contributed by atoms with Crippen molar-refractivity contribution in [3.8, 4) is 11.3 Å². The number of carboxylic acid groups (broad SMARTS) is 1. The smallest absolute Gasteiger partial charge is 0.318 e. The molecule has 9 nitrogen and oxygen atoms in total. The van der Waals surface area contributed by atoms with Crippen molar-refractivity contribution in [2.45, 2.75) is 12.3 Å². The molecule has 140 valence electrons. The monoisotopic (exact) mass is 389 g/mol. The maximum atomic E-state index is 12.3. The molecule has 1 aliphatic carbocycles. The number of carboxylic acids is 1. The number of urea groups is 1. The third kappa shape index (κ3) is 2.91. The summed E-state index contributed by atoms with van der Waals surface area (Å²) in [6, 6.07) is 4.83. The Bertz CT molecular complexity index is 1120. The molecule has 0 aliphatic heterocycles. The number of benzene rings is 1. The van der Waals surface area contributed by atoms with E-state index >= 15 is 0 Å². The second-order valence-corrected chi connectivity index (χ2v) is 5.99. The van der Waals surface area contributed by atoms with Crippen molar-refractivity contribution in [2.24, 2.45) is 0 Å². The third-order valence-corrected chi connectivity index (χ3v) is 4.49. The molecule has 0 fully saturated rings. The fraction of sp³-hybridized carbons (Fsp3) is 0.176. The number of H-pyrrole nitrogens is 1. The number of carbonyl (C=O) groups is 2. The van der Waals surface area contributed by atoms with Crippen LogP contribution in [0.2, 0.25) is 0 Å². The average molecular weight is 390 g/mol. The van der Waals surface area contributed by atoms with Crippen LogP contribution in [0.5, 0.6) is 0 Å². The second kappa shape index (κ2) is 6.76. The Morgan fingerprint density at radius 1 is 1.37 bits per heavy atom. The lowest BCUT2D eigenvalue weighted by Gasteiger charge is -2.13. The van der Waals surface area contributed by atoms with Crippen LogP contribution >= 0.6 is 12.4 Å². The molecule has 0 radical (unpaired) electrons. The van der Waals surface area contributed by atoms with Crippen molar-refractivity contribution in [1.29, 1.82) is 0 Å². The van der Waals surface area contributed by atoms with E-state index in [0.717, 1.165) is 11.1 Å². The van der Waals surface area contributed by atoms with E-state index in [1.54, 1.807) is 28.8 Å². The highest BCUT2D eigenvalue weighted by Gasteiger charge is 2.34. The number of amides is 2. The molecule has 0 spiro atoms. The van der Waals surface area contributed by atoms with Gasteiger partial charge in [0.05, 0.1) is 17.8 Å². The number of halogens is 1. The van der Waals surface area contributed by atoms with Gasteiger partial charge in [-0.2, -0.15) is 0 Å².